The maximum absolute atomic E-state index is 13.1. The summed E-state index contributed by atoms with van der Waals surface area (Å²) >= 11 is 1.52. The van der Waals surface area contributed by atoms with E-state index in [1.54, 1.807) is 43.1 Å². The third-order valence-electron chi connectivity index (χ3n) is 9.71. The van der Waals surface area contributed by atoms with Crippen molar-refractivity contribution in [3.63, 3.8) is 0 Å². The van der Waals surface area contributed by atoms with E-state index >= 15 is 0 Å². The van der Waals surface area contributed by atoms with E-state index < -0.39 is 23.6 Å². The first-order chi connectivity index (χ1) is 26.0. The quantitative estimate of drug-likeness (QED) is 0.148. The molecule has 0 radical (unpaired) electrons. The Labute approximate surface area is 330 Å². The number of aromatic nitrogens is 2. The molecule has 55 heavy (non-hydrogen) atoms. The molecule has 2 saturated carbocycles. The molecule has 3 aliphatic rings. The van der Waals surface area contributed by atoms with Gasteiger partial charge in [-0.05, 0) is 95.2 Å². The summed E-state index contributed by atoms with van der Waals surface area (Å²) in [5.41, 5.74) is 8.06. The van der Waals surface area contributed by atoms with Crippen molar-refractivity contribution < 1.29 is 23.9 Å². The molecule has 0 spiro atoms. The van der Waals surface area contributed by atoms with Crippen LogP contribution in [0.5, 0.6) is 0 Å². The second-order valence-electron chi connectivity index (χ2n) is 15.7. The minimum atomic E-state index is -0.730. The number of H-pyrrole nitrogens is 1. The summed E-state index contributed by atoms with van der Waals surface area (Å²) in [7, 11) is 1.57. The molecule has 13 nitrogen and oxygen atoms in total. The van der Waals surface area contributed by atoms with Gasteiger partial charge in [0.05, 0.1) is 16.9 Å². The number of nitrogens with one attached hydrogen (secondary N) is 4. The number of nitrogen functional groups attached to an aromatic ring is 1. The van der Waals surface area contributed by atoms with Crippen molar-refractivity contribution in [3.05, 3.63) is 39.9 Å². The monoisotopic (exact) mass is 781 g/mol. The third-order valence-corrected chi connectivity index (χ3v) is 10.5. The molecule has 3 heterocycles. The predicted octanol–water partition coefficient (Wildman–Crippen LogP) is 7.12. The highest BCUT2D eigenvalue weighted by Crippen LogP contribution is 2.38. The Morgan fingerprint density at radius 3 is 2.25 bits per heavy atom. The van der Waals surface area contributed by atoms with Crippen molar-refractivity contribution in [3.8, 4) is 11.4 Å². The summed E-state index contributed by atoms with van der Waals surface area (Å²) in [6.45, 7) is 18.1. The number of hydrogen-bond acceptors (Lipinski definition) is 10. The number of anilines is 2. The Bertz CT molecular complexity index is 1810. The van der Waals surface area contributed by atoms with Crippen molar-refractivity contribution in [2.24, 2.45) is 17.3 Å². The zero-order valence-corrected chi connectivity index (χ0v) is 35.2. The van der Waals surface area contributed by atoms with Crippen LogP contribution < -0.4 is 27.1 Å². The number of rotatable bonds is 8. The van der Waals surface area contributed by atoms with Crippen LogP contribution in [0, 0.1) is 17.3 Å². The van der Waals surface area contributed by atoms with E-state index in [0.29, 0.717) is 53.4 Å². The van der Waals surface area contributed by atoms with E-state index in [1.165, 1.54) is 11.3 Å². The number of carbonyl (C=O) groups excluding carboxylic acids is 4. The highest BCUT2D eigenvalue weighted by atomic mass is 32.1. The summed E-state index contributed by atoms with van der Waals surface area (Å²) in [5, 5.41) is 12.0. The van der Waals surface area contributed by atoms with E-state index in [9.17, 15) is 24.0 Å². The van der Waals surface area contributed by atoms with Gasteiger partial charge in [-0.2, -0.15) is 0 Å². The van der Waals surface area contributed by atoms with Crippen LogP contribution in [0.1, 0.15) is 107 Å². The van der Waals surface area contributed by atoms with Gasteiger partial charge in [0.15, 0.2) is 10.6 Å². The molecule has 3 amide bonds. The maximum Gasteiger partial charge on any atom is 0.408 e. The number of likely N-dealkylation sites (N-methyl/N-ethyl adjacent to an activating group) is 1. The van der Waals surface area contributed by atoms with Crippen molar-refractivity contribution in [2.45, 2.75) is 131 Å². The first-order valence-corrected chi connectivity index (χ1v) is 20.5. The molecule has 1 aliphatic heterocycles. The second-order valence-corrected chi connectivity index (χ2v) is 16.5. The molecule has 2 aliphatic carbocycles. The number of pyridine rings is 1. The van der Waals surface area contributed by atoms with Crippen LogP contribution in [0.3, 0.4) is 0 Å². The number of nitrogens with zero attached hydrogens (tertiary/aromatic N) is 2. The highest BCUT2D eigenvalue weighted by Gasteiger charge is 2.42. The smallest absolute Gasteiger partial charge is 0.408 e. The molecule has 304 valence electrons. The van der Waals surface area contributed by atoms with Gasteiger partial charge in [-0.1, -0.05) is 41.5 Å². The van der Waals surface area contributed by atoms with Crippen LogP contribution >= 0.6 is 11.3 Å². The van der Waals surface area contributed by atoms with Crippen LogP contribution in [0.2, 0.25) is 0 Å². The number of fused-ring (bicyclic) bond motifs is 1. The maximum atomic E-state index is 13.1. The molecule has 0 bridgehead atoms. The Morgan fingerprint density at radius 1 is 1.05 bits per heavy atom. The zero-order valence-electron chi connectivity index (χ0n) is 34.3. The van der Waals surface area contributed by atoms with Crippen LogP contribution in [0.15, 0.2) is 34.4 Å². The van der Waals surface area contributed by atoms with Gasteiger partial charge >= 0.3 is 6.09 Å². The fourth-order valence-electron chi connectivity index (χ4n) is 6.60. The Balaban J connectivity index is 0.000000243. The number of alkyl carbamates (subject to hydrolysis) is 1. The van der Waals surface area contributed by atoms with E-state index in [1.807, 2.05) is 40.0 Å². The zero-order chi connectivity index (χ0) is 41.0. The van der Waals surface area contributed by atoms with Gasteiger partial charge in [-0.15, -0.1) is 11.3 Å². The number of ketones is 1. The molecule has 1 aromatic carbocycles. The number of likely N-dealkylation sites (tertiary alicyclic amines) is 1. The molecule has 3 aromatic rings. The highest BCUT2D eigenvalue weighted by molar-refractivity contribution is 7.14. The molecule has 1 saturated heterocycles. The normalized spacial score (nSPS) is 19.5. The van der Waals surface area contributed by atoms with E-state index in [0.717, 1.165) is 54.9 Å². The number of amides is 3. The number of benzene rings is 1. The molecule has 14 heteroatoms. The van der Waals surface area contributed by atoms with Gasteiger partial charge in [0, 0.05) is 48.1 Å². The Kier molecular flexibility index (Phi) is 16.7. The SMILES string of the molecule is CC.CC(=O)C1CC1C.CC(C)Nc1nc(-c2cc(=O)c3ccc(N)cc3[nH]2)cs1.CNC(=O)C1CCCN1C(=O)C(NC(=O)OC1CCCC1)C(C)(C)C. The van der Waals surface area contributed by atoms with Gasteiger partial charge in [0.1, 0.15) is 24.0 Å². The van der Waals surface area contributed by atoms with Gasteiger partial charge in [0.2, 0.25) is 11.8 Å². The molecule has 4 atom stereocenters. The second kappa shape index (κ2) is 20.5. The van der Waals surface area contributed by atoms with Crippen LogP contribution in [-0.4, -0.2) is 76.4 Å². The fourth-order valence-corrected chi connectivity index (χ4v) is 7.46. The molecule has 4 unspecified atom stereocenters. The average molecular weight is 782 g/mol. The summed E-state index contributed by atoms with van der Waals surface area (Å²) in [6.07, 6.45) is 5.87. The fraction of sp³-hybridized carbons (Fsp3) is 0.610. The van der Waals surface area contributed by atoms with Crippen LogP contribution in [-0.2, 0) is 19.1 Å². The van der Waals surface area contributed by atoms with E-state index in [4.69, 9.17) is 10.5 Å². The Morgan fingerprint density at radius 2 is 1.71 bits per heavy atom. The Hall–Kier alpha value is -4.46. The van der Waals surface area contributed by atoms with Crippen molar-refractivity contribution in [1.29, 1.82) is 0 Å². The largest absolute Gasteiger partial charge is 0.446 e. The average Bonchev–Trinajstić information content (AvgIpc) is 3.56. The van der Waals surface area contributed by atoms with E-state index in [-0.39, 0.29) is 23.3 Å². The van der Waals surface area contributed by atoms with Crippen molar-refractivity contribution in [2.75, 3.05) is 24.6 Å². The van der Waals surface area contributed by atoms with Crippen molar-refractivity contribution in [1.82, 2.24) is 25.5 Å². The summed E-state index contributed by atoms with van der Waals surface area (Å²) in [6, 6.07) is 5.93. The third kappa shape index (κ3) is 13.1. The van der Waals surface area contributed by atoms with Gasteiger partial charge in [0.25, 0.3) is 0 Å². The molecular formula is C41H63N7O6S. The van der Waals surface area contributed by atoms with Crippen LogP contribution in [0.25, 0.3) is 22.3 Å². The standard InChI is InChI=1S/C18H31N3O4.C15H16N4OS.C6H10O.C2H6/c1-18(2,3)14(20-17(24)25-12-8-5-6-9-12)16(23)21-11-7-10-13(21)15(22)19-4;1-8(2)17-15-19-13(7-21-15)12-6-14(20)10-4-3-9(16)5-11(10)18-12;1-4-3-6(4)5(2)7;1-2/h12-14H,5-11H2,1-4H3,(H,19,22)(H,20,24);3-8H,16H2,1-2H3,(H,17,19)(H,18,20);4,6H,3H2,1-2H3;1-2H3. The first-order valence-electron chi connectivity index (χ1n) is 19.6. The van der Waals surface area contributed by atoms with Crippen LogP contribution in [0.4, 0.5) is 15.6 Å². The topological polar surface area (TPSA) is 189 Å². The lowest BCUT2D eigenvalue weighted by molar-refractivity contribution is -0.141. The number of nitrogens with two attached hydrogens (primary N) is 1. The summed E-state index contributed by atoms with van der Waals surface area (Å²) in [4.78, 5) is 69.3. The first kappa shape index (κ1) is 44.9. The molecule has 6 rings (SSSR count). The summed E-state index contributed by atoms with van der Waals surface area (Å²) in [5.74, 6) is 1.11. The lowest BCUT2D eigenvalue weighted by atomic mass is 9.85. The number of ether oxygens (including phenoxy) is 1. The number of thiazole rings is 1. The van der Waals surface area contributed by atoms with Gasteiger partial charge < -0.3 is 36.3 Å². The predicted molar refractivity (Wildman–Crippen MR) is 222 cm³/mol. The number of carbonyl (C=O) groups is 4. The number of aromatic amines is 1. The van der Waals surface area contributed by atoms with Crippen molar-refractivity contribution >= 4 is 56.7 Å². The minimum Gasteiger partial charge on any atom is -0.446 e. The van der Waals surface area contributed by atoms with Gasteiger partial charge in [-0.25, -0.2) is 9.78 Å². The minimum absolute atomic E-state index is 0.0369. The van der Waals surface area contributed by atoms with Gasteiger partial charge in [-0.3, -0.25) is 19.2 Å². The summed E-state index contributed by atoms with van der Waals surface area (Å²) < 4.78 is 5.45. The number of Topliss-reactive ketones (excluding diaryl/α,β-unsaturated/α-hetero) is 1. The molecule has 6 N–H and O–H groups in total. The lowest BCUT2D eigenvalue weighted by Crippen LogP contribution is -2.57. The number of hydrogen-bond donors (Lipinski definition) is 5. The van der Waals surface area contributed by atoms with E-state index in [2.05, 4.69) is 46.7 Å². The molecule has 3 fully saturated rings. The molecular weight excluding hydrogens is 719 g/mol. The molecule has 2 aromatic heterocycles. The lowest BCUT2D eigenvalue weighted by Gasteiger charge is -2.35.